The third-order valence-corrected chi connectivity index (χ3v) is 6.12. The van der Waals surface area contributed by atoms with Gasteiger partial charge in [0.05, 0.1) is 17.7 Å². The summed E-state index contributed by atoms with van der Waals surface area (Å²) in [5.74, 6) is -0.415. The van der Waals surface area contributed by atoms with Gasteiger partial charge >= 0.3 is 5.97 Å². The molecule has 1 aliphatic rings. The summed E-state index contributed by atoms with van der Waals surface area (Å²) >= 11 is 0. The molecule has 1 N–H and O–H groups in total. The lowest BCUT2D eigenvalue weighted by Crippen LogP contribution is -2.28. The average Bonchev–Trinajstić information content (AvgIpc) is 2.81. The maximum absolute atomic E-state index is 14.5. The number of carboxylic acids is 1. The zero-order chi connectivity index (χ0) is 24.0. The van der Waals surface area contributed by atoms with Gasteiger partial charge in [0.1, 0.15) is 12.4 Å². The number of nitrogens with zero attached hydrogens (tertiary/aromatic N) is 1. The van der Waals surface area contributed by atoms with Crippen LogP contribution >= 0.6 is 0 Å². The quantitative estimate of drug-likeness (QED) is 0.374. The van der Waals surface area contributed by atoms with E-state index in [1.165, 1.54) is 0 Å². The van der Waals surface area contributed by atoms with Gasteiger partial charge in [-0.2, -0.15) is 0 Å². The second-order valence-corrected chi connectivity index (χ2v) is 9.53. The normalized spacial score (nSPS) is 14.2. The Morgan fingerprint density at radius 1 is 1.21 bits per heavy atom. The Bertz CT molecular complexity index is 1410. The number of aliphatic carboxylic acids is 1. The summed E-state index contributed by atoms with van der Waals surface area (Å²) in [6.45, 7) is 5.15. The smallest absolute Gasteiger partial charge is 0.337 e. The first-order valence-electron chi connectivity index (χ1n) is 11.3. The van der Waals surface area contributed by atoms with Crippen molar-refractivity contribution >= 4 is 27.6 Å². The average molecular weight is 460 g/mol. The first kappa shape index (κ1) is 22.3. The Hall–Kier alpha value is -3.51. The second kappa shape index (κ2) is 8.37. The van der Waals surface area contributed by atoms with Crippen LogP contribution in [0.15, 0.2) is 54.7 Å². The van der Waals surface area contributed by atoms with Crippen LogP contribution in [0, 0.1) is 0 Å². The van der Waals surface area contributed by atoms with Crippen molar-refractivity contribution in [2.45, 2.75) is 45.6 Å². The molecular formula is C28H26FNO4. The molecule has 1 aromatic heterocycles. The van der Waals surface area contributed by atoms with Crippen molar-refractivity contribution in [1.82, 2.24) is 4.98 Å². The molecular weight excluding hydrogens is 433 g/mol. The summed E-state index contributed by atoms with van der Waals surface area (Å²) < 4.78 is 26.4. The summed E-state index contributed by atoms with van der Waals surface area (Å²) in [4.78, 5) is 17.2. The van der Waals surface area contributed by atoms with E-state index in [-0.39, 0.29) is 0 Å². The maximum atomic E-state index is 14.5. The van der Waals surface area contributed by atoms with E-state index in [1.807, 2.05) is 42.5 Å². The van der Waals surface area contributed by atoms with E-state index < -0.39 is 24.3 Å². The van der Waals surface area contributed by atoms with Gasteiger partial charge in [0.15, 0.2) is 6.10 Å². The van der Waals surface area contributed by atoms with E-state index in [9.17, 15) is 14.3 Å². The molecule has 0 radical (unpaired) electrons. The lowest BCUT2D eigenvalue weighted by Gasteiger charge is -2.29. The Kier molecular flexibility index (Phi) is 5.48. The first-order valence-corrected chi connectivity index (χ1v) is 11.3. The monoisotopic (exact) mass is 459 g/mol. The fraction of sp³-hybridized carbons (Fsp3) is 0.286. The molecule has 5 rings (SSSR count). The Balaban J connectivity index is 1.92. The SMILES string of the molecule is CC(C)(C)OC(C(=O)O)c1c(CF)cc2ccccc2c1-c1ccc2c3c(ccnc13)CCO2. The number of aromatic nitrogens is 1. The molecule has 0 fully saturated rings. The van der Waals surface area contributed by atoms with E-state index in [2.05, 4.69) is 4.98 Å². The lowest BCUT2D eigenvalue weighted by atomic mass is 9.85. The minimum atomic E-state index is -1.35. The zero-order valence-corrected chi connectivity index (χ0v) is 19.4. The molecule has 0 spiro atoms. The third-order valence-electron chi connectivity index (χ3n) is 6.12. The Morgan fingerprint density at radius 2 is 2.00 bits per heavy atom. The molecule has 2 heterocycles. The topological polar surface area (TPSA) is 68.7 Å². The van der Waals surface area contributed by atoms with Crippen LogP contribution in [0.3, 0.4) is 0 Å². The van der Waals surface area contributed by atoms with Crippen LogP contribution in [0.4, 0.5) is 4.39 Å². The molecule has 1 unspecified atom stereocenters. The predicted molar refractivity (Wildman–Crippen MR) is 130 cm³/mol. The van der Waals surface area contributed by atoms with Crippen LogP contribution in [0.5, 0.6) is 5.75 Å². The number of pyridine rings is 1. The van der Waals surface area contributed by atoms with Crippen molar-refractivity contribution < 1.29 is 23.8 Å². The van der Waals surface area contributed by atoms with Crippen molar-refractivity contribution in [3.8, 4) is 16.9 Å². The summed E-state index contributed by atoms with van der Waals surface area (Å²) in [6, 6.07) is 15.1. The van der Waals surface area contributed by atoms with Gasteiger partial charge < -0.3 is 14.6 Å². The molecule has 5 nitrogen and oxygen atoms in total. The number of carbonyl (C=O) groups is 1. The fourth-order valence-electron chi connectivity index (χ4n) is 4.81. The van der Waals surface area contributed by atoms with Crippen LogP contribution < -0.4 is 4.74 Å². The van der Waals surface area contributed by atoms with Crippen LogP contribution in [-0.2, 0) is 22.6 Å². The molecule has 4 aromatic rings. The molecule has 0 saturated carbocycles. The molecule has 1 atom stereocenters. The molecule has 3 aromatic carbocycles. The number of fused-ring (bicyclic) bond motifs is 1. The number of alkyl halides is 1. The van der Waals surface area contributed by atoms with E-state index in [1.54, 1.807) is 33.0 Å². The lowest BCUT2D eigenvalue weighted by molar-refractivity contribution is -0.160. The molecule has 0 aliphatic carbocycles. The van der Waals surface area contributed by atoms with Gasteiger partial charge in [-0.1, -0.05) is 24.3 Å². The van der Waals surface area contributed by atoms with E-state index >= 15 is 0 Å². The van der Waals surface area contributed by atoms with Crippen LogP contribution in [0.1, 0.15) is 43.6 Å². The van der Waals surface area contributed by atoms with E-state index in [4.69, 9.17) is 9.47 Å². The zero-order valence-electron chi connectivity index (χ0n) is 19.4. The highest BCUT2D eigenvalue weighted by molar-refractivity contribution is 6.08. The molecule has 0 bridgehead atoms. The van der Waals surface area contributed by atoms with Gasteiger partial charge in [-0.3, -0.25) is 4.98 Å². The third kappa shape index (κ3) is 3.78. The van der Waals surface area contributed by atoms with Crippen molar-refractivity contribution in [2.75, 3.05) is 6.61 Å². The van der Waals surface area contributed by atoms with Crippen molar-refractivity contribution in [3.05, 3.63) is 71.4 Å². The predicted octanol–water partition coefficient (Wildman–Crippen LogP) is 6.40. The van der Waals surface area contributed by atoms with Gasteiger partial charge in [0.2, 0.25) is 0 Å². The van der Waals surface area contributed by atoms with Gasteiger partial charge in [-0.05, 0) is 72.5 Å². The van der Waals surface area contributed by atoms with Crippen molar-refractivity contribution in [1.29, 1.82) is 0 Å². The second-order valence-electron chi connectivity index (χ2n) is 9.53. The maximum Gasteiger partial charge on any atom is 0.337 e. The number of carboxylic acid groups (broad SMARTS) is 1. The van der Waals surface area contributed by atoms with Crippen molar-refractivity contribution in [2.24, 2.45) is 0 Å². The van der Waals surface area contributed by atoms with Gasteiger partial charge in [-0.15, -0.1) is 0 Å². The standard InChI is InChI=1S/C28H26FNO4/c1-28(2,3)34-26(27(31)32)23-18(15-29)14-17-6-4-5-7-19(17)24(23)20-8-9-21-22-16(11-13-33-21)10-12-30-25(20)22/h4-10,12,14,26H,11,13,15H2,1-3H3,(H,31,32). The van der Waals surface area contributed by atoms with Crippen LogP contribution in [-0.4, -0.2) is 28.3 Å². The summed E-state index contributed by atoms with van der Waals surface area (Å²) in [5.41, 5.74) is 3.05. The molecule has 0 saturated heterocycles. The number of hydrogen-bond donors (Lipinski definition) is 1. The first-order chi connectivity index (χ1) is 16.3. The molecule has 0 amide bonds. The number of hydrogen-bond acceptors (Lipinski definition) is 4. The summed E-state index contributed by atoms with van der Waals surface area (Å²) in [7, 11) is 0. The van der Waals surface area contributed by atoms with E-state index in [0.717, 1.165) is 39.5 Å². The number of benzene rings is 3. The Labute approximate surface area is 197 Å². The highest BCUT2D eigenvalue weighted by Crippen LogP contribution is 2.45. The molecule has 174 valence electrons. The van der Waals surface area contributed by atoms with Crippen molar-refractivity contribution in [3.63, 3.8) is 0 Å². The number of rotatable bonds is 5. The Morgan fingerprint density at radius 3 is 2.74 bits per heavy atom. The number of halogens is 1. The van der Waals surface area contributed by atoms with Gasteiger partial charge in [-0.25, -0.2) is 9.18 Å². The van der Waals surface area contributed by atoms with Crippen LogP contribution in [0.2, 0.25) is 0 Å². The molecule has 1 aliphatic heterocycles. The van der Waals surface area contributed by atoms with Gasteiger partial charge in [0.25, 0.3) is 0 Å². The summed E-state index contributed by atoms with van der Waals surface area (Å²) in [6.07, 6.45) is 1.17. The van der Waals surface area contributed by atoms with Gasteiger partial charge in [0, 0.05) is 29.1 Å². The van der Waals surface area contributed by atoms with Crippen LogP contribution in [0.25, 0.3) is 32.8 Å². The molecule has 34 heavy (non-hydrogen) atoms. The largest absolute Gasteiger partial charge is 0.493 e. The molecule has 6 heteroatoms. The minimum absolute atomic E-state index is 0.294. The van der Waals surface area contributed by atoms with E-state index in [0.29, 0.717) is 28.8 Å². The highest BCUT2D eigenvalue weighted by atomic mass is 19.1. The summed E-state index contributed by atoms with van der Waals surface area (Å²) in [5, 5.41) is 12.8. The minimum Gasteiger partial charge on any atom is -0.493 e. The number of ether oxygens (including phenoxy) is 2. The fourth-order valence-corrected chi connectivity index (χ4v) is 4.81. The highest BCUT2D eigenvalue weighted by Gasteiger charge is 2.33.